The lowest BCUT2D eigenvalue weighted by Crippen LogP contribution is -2.11. The fourth-order valence-electron chi connectivity index (χ4n) is 1.52. The van der Waals surface area contributed by atoms with E-state index in [1.54, 1.807) is 29.8 Å². The summed E-state index contributed by atoms with van der Waals surface area (Å²) in [7, 11) is 1.67. The molecule has 0 spiro atoms. The second kappa shape index (κ2) is 5.19. The molecule has 0 saturated heterocycles. The van der Waals surface area contributed by atoms with Gasteiger partial charge in [0.05, 0.1) is 16.3 Å². The number of rotatable bonds is 4. The molecule has 2 heterocycles. The fourth-order valence-corrected chi connectivity index (χ4v) is 3.53. The van der Waals surface area contributed by atoms with Gasteiger partial charge in [-0.25, -0.2) is 0 Å². The summed E-state index contributed by atoms with van der Waals surface area (Å²) in [6.45, 7) is 0. The predicted molar refractivity (Wildman–Crippen MR) is 70.8 cm³/mol. The molecular weight excluding hydrogens is 262 g/mol. The average Bonchev–Trinajstić information content (AvgIpc) is 2.86. The highest BCUT2D eigenvalue weighted by molar-refractivity contribution is 7.16. The Labute approximate surface area is 108 Å². The van der Waals surface area contributed by atoms with Crippen molar-refractivity contribution in [1.82, 2.24) is 0 Å². The van der Waals surface area contributed by atoms with Crippen molar-refractivity contribution >= 4 is 34.3 Å². The third-order valence-corrected chi connectivity index (χ3v) is 4.55. The van der Waals surface area contributed by atoms with Crippen LogP contribution in [0.4, 0.5) is 0 Å². The van der Waals surface area contributed by atoms with Crippen LogP contribution in [0.1, 0.15) is 15.8 Å². The van der Waals surface area contributed by atoms with E-state index in [0.717, 1.165) is 21.4 Å². The minimum Gasteiger partial charge on any atom is -0.496 e. The van der Waals surface area contributed by atoms with Gasteiger partial charge < -0.3 is 10.5 Å². The molecule has 16 heavy (non-hydrogen) atoms. The van der Waals surface area contributed by atoms with Crippen molar-refractivity contribution in [2.45, 2.75) is 12.5 Å². The lowest BCUT2D eigenvalue weighted by molar-refractivity contribution is 0.409. The molecule has 5 heteroatoms. The van der Waals surface area contributed by atoms with E-state index in [9.17, 15) is 0 Å². The number of nitrogens with two attached hydrogens (primary N) is 1. The number of ether oxygens (including phenoxy) is 1. The molecule has 0 radical (unpaired) electrons. The Morgan fingerprint density at radius 3 is 2.88 bits per heavy atom. The van der Waals surface area contributed by atoms with Crippen LogP contribution in [-0.4, -0.2) is 7.11 Å². The molecule has 0 aliphatic heterocycles. The first-order valence-electron chi connectivity index (χ1n) is 4.82. The van der Waals surface area contributed by atoms with Crippen molar-refractivity contribution in [3.05, 3.63) is 37.7 Å². The molecule has 2 aromatic heterocycles. The number of hydrogen-bond acceptors (Lipinski definition) is 4. The van der Waals surface area contributed by atoms with E-state index in [1.807, 2.05) is 23.6 Å². The molecule has 2 rings (SSSR count). The Bertz CT molecular complexity index is 466. The van der Waals surface area contributed by atoms with Gasteiger partial charge in [-0.2, -0.15) is 0 Å². The molecule has 2 N–H and O–H groups in total. The zero-order valence-electron chi connectivity index (χ0n) is 8.77. The molecular formula is C11H12ClNOS2. The van der Waals surface area contributed by atoms with Gasteiger partial charge >= 0.3 is 0 Å². The summed E-state index contributed by atoms with van der Waals surface area (Å²) < 4.78 is 6.06. The maximum atomic E-state index is 6.15. The fraction of sp³-hybridized carbons (Fsp3) is 0.273. The van der Waals surface area contributed by atoms with Gasteiger partial charge in [-0.3, -0.25) is 0 Å². The predicted octanol–water partition coefficient (Wildman–Crippen LogP) is 3.71. The summed E-state index contributed by atoms with van der Waals surface area (Å²) in [5, 5.41) is 2.00. The van der Waals surface area contributed by atoms with Crippen molar-refractivity contribution in [3.8, 4) is 5.75 Å². The maximum absolute atomic E-state index is 6.15. The number of halogens is 1. The Balaban J connectivity index is 2.11. The molecule has 86 valence electrons. The van der Waals surface area contributed by atoms with Crippen LogP contribution in [0, 0.1) is 0 Å². The third-order valence-electron chi connectivity index (χ3n) is 2.26. The van der Waals surface area contributed by atoms with Gasteiger partial charge in [-0.1, -0.05) is 11.6 Å². The van der Waals surface area contributed by atoms with E-state index in [4.69, 9.17) is 22.1 Å². The topological polar surface area (TPSA) is 35.2 Å². The van der Waals surface area contributed by atoms with Crippen LogP contribution >= 0.6 is 34.3 Å². The van der Waals surface area contributed by atoms with Gasteiger partial charge in [0.25, 0.3) is 0 Å². The Morgan fingerprint density at radius 2 is 2.25 bits per heavy atom. The summed E-state index contributed by atoms with van der Waals surface area (Å²) in [6.07, 6.45) is 0.800. The highest BCUT2D eigenvalue weighted by Crippen LogP contribution is 2.33. The Kier molecular flexibility index (Phi) is 3.86. The van der Waals surface area contributed by atoms with Gasteiger partial charge in [0.15, 0.2) is 0 Å². The molecule has 0 saturated carbocycles. The smallest absolute Gasteiger partial charge is 0.134 e. The zero-order chi connectivity index (χ0) is 11.5. The molecule has 2 nitrogen and oxygen atoms in total. The van der Waals surface area contributed by atoms with Crippen LogP contribution in [0.2, 0.25) is 4.34 Å². The Morgan fingerprint density at radius 1 is 1.44 bits per heavy atom. The summed E-state index contributed by atoms with van der Waals surface area (Å²) in [5.41, 5.74) is 6.15. The number of thiophene rings is 2. The van der Waals surface area contributed by atoms with E-state index in [-0.39, 0.29) is 6.04 Å². The lowest BCUT2D eigenvalue weighted by Gasteiger charge is -2.10. The summed E-state index contributed by atoms with van der Waals surface area (Å²) in [4.78, 5) is 2.29. The second-order valence-electron chi connectivity index (χ2n) is 3.37. The highest BCUT2D eigenvalue weighted by atomic mass is 35.5. The van der Waals surface area contributed by atoms with E-state index in [1.165, 1.54) is 4.88 Å². The molecule has 0 aromatic carbocycles. The van der Waals surface area contributed by atoms with Gasteiger partial charge in [-0.05, 0) is 23.6 Å². The molecule has 2 aromatic rings. The van der Waals surface area contributed by atoms with Gasteiger partial charge in [0.2, 0.25) is 0 Å². The molecule has 0 fully saturated rings. The van der Waals surface area contributed by atoms with Crippen molar-refractivity contribution < 1.29 is 4.74 Å². The monoisotopic (exact) mass is 273 g/mol. The summed E-state index contributed by atoms with van der Waals surface area (Å²) >= 11 is 9.09. The zero-order valence-corrected chi connectivity index (χ0v) is 11.2. The highest BCUT2D eigenvalue weighted by Gasteiger charge is 2.14. The molecule has 0 aliphatic carbocycles. The van der Waals surface area contributed by atoms with Gasteiger partial charge in [0.1, 0.15) is 5.75 Å². The van der Waals surface area contributed by atoms with E-state index in [0.29, 0.717) is 0 Å². The average molecular weight is 274 g/mol. The third kappa shape index (κ3) is 2.58. The summed E-state index contributed by atoms with van der Waals surface area (Å²) in [6, 6.07) is 5.85. The molecule has 0 amide bonds. The SMILES string of the molecule is COc1ccsc1C(N)Cc1ccc(Cl)s1. The molecule has 0 aliphatic rings. The largest absolute Gasteiger partial charge is 0.496 e. The van der Waals surface area contributed by atoms with Crippen molar-refractivity contribution in [1.29, 1.82) is 0 Å². The van der Waals surface area contributed by atoms with E-state index < -0.39 is 0 Å². The first-order chi connectivity index (χ1) is 7.70. The maximum Gasteiger partial charge on any atom is 0.134 e. The molecule has 0 bridgehead atoms. The quantitative estimate of drug-likeness (QED) is 0.922. The van der Waals surface area contributed by atoms with Crippen LogP contribution in [0.25, 0.3) is 0 Å². The van der Waals surface area contributed by atoms with Gasteiger partial charge in [-0.15, -0.1) is 22.7 Å². The first kappa shape index (κ1) is 11.9. The van der Waals surface area contributed by atoms with Crippen molar-refractivity contribution in [2.24, 2.45) is 5.73 Å². The summed E-state index contributed by atoms with van der Waals surface area (Å²) in [5.74, 6) is 0.875. The molecule has 1 unspecified atom stereocenters. The lowest BCUT2D eigenvalue weighted by atomic mass is 10.1. The van der Waals surface area contributed by atoms with Crippen molar-refractivity contribution in [2.75, 3.05) is 7.11 Å². The molecule has 1 atom stereocenters. The minimum absolute atomic E-state index is 0.0235. The van der Waals surface area contributed by atoms with Crippen molar-refractivity contribution in [3.63, 3.8) is 0 Å². The number of hydrogen-bond donors (Lipinski definition) is 1. The van der Waals surface area contributed by atoms with Crippen LogP contribution in [0.15, 0.2) is 23.6 Å². The van der Waals surface area contributed by atoms with Crippen LogP contribution in [0.5, 0.6) is 5.75 Å². The number of methoxy groups -OCH3 is 1. The van der Waals surface area contributed by atoms with E-state index >= 15 is 0 Å². The van der Waals surface area contributed by atoms with Crippen LogP contribution in [0.3, 0.4) is 0 Å². The standard InChI is InChI=1S/C11H12ClNOS2/c1-14-9-4-5-15-11(9)8(13)6-7-2-3-10(12)16-7/h2-5,8H,6,13H2,1H3. The minimum atomic E-state index is -0.0235. The van der Waals surface area contributed by atoms with Crippen LogP contribution in [-0.2, 0) is 6.42 Å². The van der Waals surface area contributed by atoms with Gasteiger partial charge in [0, 0.05) is 17.3 Å². The van der Waals surface area contributed by atoms with Crippen LogP contribution < -0.4 is 10.5 Å². The Hall–Kier alpha value is -0.550. The second-order valence-corrected chi connectivity index (χ2v) is 6.12. The van der Waals surface area contributed by atoms with E-state index in [2.05, 4.69) is 0 Å². The first-order valence-corrected chi connectivity index (χ1v) is 6.89. The normalized spacial score (nSPS) is 12.7.